The summed E-state index contributed by atoms with van der Waals surface area (Å²) in [7, 11) is 0. The van der Waals surface area contributed by atoms with Crippen LogP contribution in [0, 0.1) is 0 Å². The summed E-state index contributed by atoms with van der Waals surface area (Å²) in [6.45, 7) is 4.71. The predicted octanol–water partition coefficient (Wildman–Crippen LogP) is 6.16. The first-order chi connectivity index (χ1) is 18.4. The topological polar surface area (TPSA) is 81.6 Å². The monoisotopic (exact) mass is 529 g/mol. The Labute approximate surface area is 227 Å². The van der Waals surface area contributed by atoms with Crippen LogP contribution in [0.25, 0.3) is 0 Å². The Morgan fingerprint density at radius 1 is 1.21 bits per heavy atom. The van der Waals surface area contributed by atoms with Gasteiger partial charge in [-0.05, 0) is 78.5 Å². The number of rotatable bonds is 6. The van der Waals surface area contributed by atoms with E-state index in [-0.39, 0.29) is 6.42 Å². The number of carboxylic acids is 1. The highest BCUT2D eigenvalue weighted by atomic mass is 35.5. The molecule has 2 atom stereocenters. The summed E-state index contributed by atoms with van der Waals surface area (Å²) >= 11 is 6.65. The highest BCUT2D eigenvalue weighted by Gasteiger charge is 2.42. The number of aryl methyl sites for hydroxylation is 1. The molecule has 2 aromatic carbocycles. The lowest BCUT2D eigenvalue weighted by Crippen LogP contribution is -2.37. The van der Waals surface area contributed by atoms with Gasteiger partial charge in [0, 0.05) is 42.5 Å². The molecule has 0 spiro atoms. The zero-order valence-corrected chi connectivity index (χ0v) is 22.3. The van der Waals surface area contributed by atoms with Gasteiger partial charge >= 0.3 is 5.97 Å². The maximum Gasteiger partial charge on any atom is 0.304 e. The fourth-order valence-electron chi connectivity index (χ4n) is 7.01. The maximum atomic E-state index is 11.7. The van der Waals surface area contributed by atoms with Crippen molar-refractivity contribution in [3.05, 3.63) is 69.9 Å². The quantitative estimate of drug-likeness (QED) is 0.396. The van der Waals surface area contributed by atoms with Crippen LogP contribution in [0.4, 0.5) is 23.1 Å². The number of carbonyl (C=O) groups is 1. The molecular weight excluding hydrogens is 498 g/mol. The molecular formula is C30H32ClN5O2. The number of carboxylic acid groups (broad SMARTS) is 1. The van der Waals surface area contributed by atoms with Gasteiger partial charge < -0.3 is 15.3 Å². The Bertz CT molecular complexity index is 1440. The SMILES string of the molecule is CC1(CC(=O)O)CN(c2nc(Nc3cc4c5c(c3)CN(C3CC3)CC5CCC4)ncc2Cl)c2ccccc21. The van der Waals surface area contributed by atoms with Crippen molar-refractivity contribution < 1.29 is 9.90 Å². The second-order valence-corrected chi connectivity index (χ2v) is 12.1. The fourth-order valence-corrected chi connectivity index (χ4v) is 7.21. The van der Waals surface area contributed by atoms with Crippen molar-refractivity contribution >= 4 is 40.7 Å². The molecule has 2 N–H and O–H groups in total. The van der Waals surface area contributed by atoms with Crippen molar-refractivity contribution in [1.29, 1.82) is 0 Å². The largest absolute Gasteiger partial charge is 0.481 e. The van der Waals surface area contributed by atoms with Gasteiger partial charge in [-0.2, -0.15) is 4.98 Å². The molecule has 1 fully saturated rings. The van der Waals surface area contributed by atoms with E-state index in [9.17, 15) is 9.90 Å². The highest BCUT2D eigenvalue weighted by Crippen LogP contribution is 2.47. The smallest absolute Gasteiger partial charge is 0.304 e. The molecule has 3 heterocycles. The van der Waals surface area contributed by atoms with E-state index in [1.54, 1.807) is 11.8 Å². The molecule has 196 valence electrons. The normalized spacial score (nSPS) is 24.2. The number of anilines is 4. The summed E-state index contributed by atoms with van der Waals surface area (Å²) in [6.07, 6.45) is 7.98. The molecule has 1 saturated carbocycles. The summed E-state index contributed by atoms with van der Waals surface area (Å²) in [5, 5.41) is 13.5. The number of benzene rings is 2. The van der Waals surface area contributed by atoms with Crippen molar-refractivity contribution in [3.8, 4) is 0 Å². The van der Waals surface area contributed by atoms with Crippen molar-refractivity contribution in [1.82, 2.24) is 14.9 Å². The first kappa shape index (κ1) is 23.9. The second kappa shape index (κ2) is 8.95. The Kier molecular flexibility index (Phi) is 5.64. The molecule has 0 radical (unpaired) electrons. The van der Waals surface area contributed by atoms with Crippen LogP contribution in [-0.2, 0) is 23.2 Å². The van der Waals surface area contributed by atoms with Crippen LogP contribution >= 0.6 is 11.6 Å². The van der Waals surface area contributed by atoms with Gasteiger partial charge in [-0.25, -0.2) is 4.98 Å². The van der Waals surface area contributed by atoms with E-state index < -0.39 is 11.4 Å². The number of fused-ring (bicyclic) bond motifs is 1. The van der Waals surface area contributed by atoms with Crippen molar-refractivity contribution in [2.75, 3.05) is 23.3 Å². The number of aromatic nitrogens is 2. The lowest BCUT2D eigenvalue weighted by Gasteiger charge is -2.39. The second-order valence-electron chi connectivity index (χ2n) is 11.7. The molecule has 2 unspecified atom stereocenters. The van der Waals surface area contributed by atoms with E-state index in [1.807, 2.05) is 36.1 Å². The van der Waals surface area contributed by atoms with Gasteiger partial charge in [0.2, 0.25) is 5.95 Å². The van der Waals surface area contributed by atoms with Gasteiger partial charge in [0.05, 0.1) is 12.6 Å². The van der Waals surface area contributed by atoms with Gasteiger partial charge in [0.1, 0.15) is 5.02 Å². The molecule has 7 nitrogen and oxygen atoms in total. The third kappa shape index (κ3) is 4.12. The number of halogens is 1. The van der Waals surface area contributed by atoms with Crippen LogP contribution in [0.3, 0.4) is 0 Å². The van der Waals surface area contributed by atoms with E-state index in [4.69, 9.17) is 16.6 Å². The van der Waals surface area contributed by atoms with Crippen molar-refractivity contribution in [2.45, 2.75) is 69.4 Å². The minimum absolute atomic E-state index is 0.0328. The average Bonchev–Trinajstić information content (AvgIpc) is 3.70. The number of nitrogens with zero attached hydrogens (tertiary/aromatic N) is 4. The van der Waals surface area contributed by atoms with Crippen LogP contribution in [-0.4, -0.2) is 45.1 Å². The summed E-state index contributed by atoms with van der Waals surface area (Å²) in [4.78, 5) is 25.8. The number of hydrogen-bond donors (Lipinski definition) is 2. The predicted molar refractivity (Wildman–Crippen MR) is 149 cm³/mol. The van der Waals surface area contributed by atoms with Gasteiger partial charge in [-0.15, -0.1) is 0 Å². The lowest BCUT2D eigenvalue weighted by atomic mass is 9.77. The molecule has 0 bridgehead atoms. The third-order valence-corrected chi connectivity index (χ3v) is 9.05. The Morgan fingerprint density at radius 2 is 2.03 bits per heavy atom. The number of hydrogen-bond acceptors (Lipinski definition) is 6. The van der Waals surface area contributed by atoms with Gasteiger partial charge in [0.15, 0.2) is 5.82 Å². The van der Waals surface area contributed by atoms with E-state index >= 15 is 0 Å². The van der Waals surface area contributed by atoms with E-state index in [2.05, 4.69) is 27.3 Å². The molecule has 0 amide bonds. The Hall–Kier alpha value is -3.16. The van der Waals surface area contributed by atoms with E-state index in [0.717, 1.165) is 35.9 Å². The van der Waals surface area contributed by atoms with Gasteiger partial charge in [0.25, 0.3) is 0 Å². The van der Waals surface area contributed by atoms with Crippen molar-refractivity contribution in [2.24, 2.45) is 0 Å². The first-order valence-corrected chi connectivity index (χ1v) is 14.0. The summed E-state index contributed by atoms with van der Waals surface area (Å²) < 4.78 is 0. The highest BCUT2D eigenvalue weighted by molar-refractivity contribution is 6.33. The van der Waals surface area contributed by atoms with E-state index in [0.29, 0.717) is 29.3 Å². The maximum absolute atomic E-state index is 11.7. The van der Waals surface area contributed by atoms with E-state index in [1.165, 1.54) is 43.4 Å². The van der Waals surface area contributed by atoms with Crippen LogP contribution < -0.4 is 10.2 Å². The fraction of sp³-hybridized carbons (Fsp3) is 0.433. The Morgan fingerprint density at radius 3 is 2.84 bits per heavy atom. The van der Waals surface area contributed by atoms with Crippen molar-refractivity contribution in [3.63, 3.8) is 0 Å². The third-order valence-electron chi connectivity index (χ3n) is 8.78. The Balaban J connectivity index is 1.21. The molecule has 38 heavy (non-hydrogen) atoms. The molecule has 3 aromatic rings. The summed E-state index contributed by atoms with van der Waals surface area (Å²) in [5.41, 5.74) is 6.90. The van der Waals surface area contributed by atoms with Gasteiger partial charge in [-0.1, -0.05) is 36.7 Å². The van der Waals surface area contributed by atoms with Gasteiger partial charge in [-0.3, -0.25) is 9.69 Å². The number of para-hydroxylation sites is 1. The molecule has 7 rings (SSSR count). The lowest BCUT2D eigenvalue weighted by molar-refractivity contribution is -0.138. The molecule has 1 aromatic heterocycles. The van der Waals surface area contributed by atoms with Crippen LogP contribution in [0.15, 0.2) is 42.6 Å². The summed E-state index contributed by atoms with van der Waals surface area (Å²) in [6, 6.07) is 13.3. The molecule has 0 saturated heterocycles. The average molecular weight is 530 g/mol. The number of aliphatic carboxylic acids is 1. The number of nitrogens with one attached hydrogen (secondary N) is 1. The van der Waals surface area contributed by atoms with Crippen LogP contribution in [0.1, 0.15) is 67.2 Å². The zero-order valence-electron chi connectivity index (χ0n) is 21.6. The standard InChI is InChI=1S/C30H32ClN5O2/c1-30(13-26(37)38)17-36(25-8-3-2-7-23(25)30)28-24(31)14-32-29(34-28)33-21-11-18-5-4-6-19-15-35(22-9-10-22)16-20(12-21)27(18)19/h2-3,7-8,11-12,14,19,22H,4-6,9-10,13,15-17H2,1H3,(H,37,38)(H,32,33,34). The zero-order chi connectivity index (χ0) is 26.0. The minimum Gasteiger partial charge on any atom is -0.481 e. The van der Waals surface area contributed by atoms with Crippen LogP contribution in [0.5, 0.6) is 0 Å². The minimum atomic E-state index is -0.820. The molecule has 4 aliphatic rings. The molecule has 8 heteroatoms. The summed E-state index contributed by atoms with van der Waals surface area (Å²) in [5.74, 6) is 0.915. The first-order valence-electron chi connectivity index (χ1n) is 13.7. The van der Waals surface area contributed by atoms with Crippen LogP contribution in [0.2, 0.25) is 5.02 Å². The molecule has 2 aliphatic heterocycles. The molecule has 2 aliphatic carbocycles.